The first-order valence-corrected chi connectivity index (χ1v) is 7.20. The fourth-order valence-electron chi connectivity index (χ4n) is 1.45. The van der Waals surface area contributed by atoms with Crippen molar-refractivity contribution >= 4 is 27.6 Å². The van der Waals surface area contributed by atoms with Crippen LogP contribution in [0, 0.1) is 0 Å². The van der Waals surface area contributed by atoms with Crippen molar-refractivity contribution in [3.8, 4) is 0 Å². The summed E-state index contributed by atoms with van der Waals surface area (Å²) in [6, 6.07) is -0.163. The average Bonchev–Trinajstić information content (AvgIpc) is 2.46. The van der Waals surface area contributed by atoms with Crippen molar-refractivity contribution in [3.63, 3.8) is 0 Å². The second-order valence-electron chi connectivity index (χ2n) is 4.45. The lowest BCUT2D eigenvalue weighted by Gasteiger charge is -2.13. The minimum Gasteiger partial charge on any atom is -0.383 e. The van der Waals surface area contributed by atoms with Gasteiger partial charge in [0, 0.05) is 34.3 Å². The summed E-state index contributed by atoms with van der Waals surface area (Å²) >= 11 is 3.26. The lowest BCUT2D eigenvalue weighted by Crippen LogP contribution is -2.37. The molecule has 0 aliphatic carbocycles. The summed E-state index contributed by atoms with van der Waals surface area (Å²) in [6.45, 7) is 1.74. The van der Waals surface area contributed by atoms with Gasteiger partial charge in [0.2, 0.25) is 0 Å². The van der Waals surface area contributed by atoms with Gasteiger partial charge in [0.05, 0.1) is 25.0 Å². The van der Waals surface area contributed by atoms with Crippen LogP contribution in [0.25, 0.3) is 0 Å². The summed E-state index contributed by atoms with van der Waals surface area (Å²) in [5, 5.41) is 9.81. The van der Waals surface area contributed by atoms with Gasteiger partial charge in [-0.25, -0.2) is 9.48 Å². The van der Waals surface area contributed by atoms with Gasteiger partial charge in [-0.05, 0) is 15.9 Å². The number of methoxy groups -OCH3 is 1. The van der Waals surface area contributed by atoms with Crippen LogP contribution in [-0.2, 0) is 11.3 Å². The molecule has 1 aromatic rings. The third-order valence-corrected chi connectivity index (χ3v) is 3.38. The molecule has 1 heterocycles. The second kappa shape index (κ2) is 8.63. The van der Waals surface area contributed by atoms with E-state index in [2.05, 4.69) is 31.7 Å². The summed E-state index contributed by atoms with van der Waals surface area (Å²) < 4.78 is 6.65. The Morgan fingerprint density at radius 2 is 2.19 bits per heavy atom. The third kappa shape index (κ3) is 5.35. The van der Waals surface area contributed by atoms with Gasteiger partial charge in [-0.3, -0.25) is 4.79 Å². The molecule has 0 spiro atoms. The highest BCUT2D eigenvalue weighted by Gasteiger charge is 2.08. The van der Waals surface area contributed by atoms with Crippen LogP contribution < -0.4 is 16.2 Å². The normalized spacial score (nSPS) is 10.3. The van der Waals surface area contributed by atoms with Crippen LogP contribution in [0.5, 0.6) is 0 Å². The van der Waals surface area contributed by atoms with Crippen LogP contribution in [-0.4, -0.2) is 61.6 Å². The Morgan fingerprint density at radius 1 is 1.48 bits per heavy atom. The maximum Gasteiger partial charge on any atom is 0.316 e. The van der Waals surface area contributed by atoms with E-state index in [4.69, 9.17) is 4.74 Å². The summed E-state index contributed by atoms with van der Waals surface area (Å²) in [5.74, 6) is 0. The zero-order valence-corrected chi connectivity index (χ0v) is 13.9. The van der Waals surface area contributed by atoms with E-state index in [1.54, 1.807) is 27.4 Å². The smallest absolute Gasteiger partial charge is 0.316 e. The number of nitrogens with one attached hydrogen (secondary N) is 2. The number of carbonyl (C=O) groups excluding carboxylic acids is 1. The van der Waals surface area contributed by atoms with Crippen LogP contribution in [0.4, 0.5) is 10.5 Å². The van der Waals surface area contributed by atoms with Crippen LogP contribution in [0.1, 0.15) is 0 Å². The van der Waals surface area contributed by atoms with Crippen molar-refractivity contribution in [2.75, 3.05) is 46.2 Å². The molecule has 0 saturated carbocycles. The molecule has 0 unspecified atom stereocenters. The molecule has 8 nitrogen and oxygen atoms in total. The molecule has 0 radical (unpaired) electrons. The van der Waals surface area contributed by atoms with Gasteiger partial charge in [0.25, 0.3) is 5.56 Å². The quantitative estimate of drug-likeness (QED) is 0.683. The molecule has 1 aromatic heterocycles. The Balaban J connectivity index is 2.55. The minimum absolute atomic E-state index is 0.163. The van der Waals surface area contributed by atoms with E-state index >= 15 is 0 Å². The highest BCUT2D eigenvalue weighted by Crippen LogP contribution is 2.15. The van der Waals surface area contributed by atoms with E-state index in [-0.39, 0.29) is 11.6 Å². The van der Waals surface area contributed by atoms with Crippen molar-refractivity contribution < 1.29 is 9.53 Å². The van der Waals surface area contributed by atoms with E-state index in [1.165, 1.54) is 9.58 Å². The summed E-state index contributed by atoms with van der Waals surface area (Å²) in [7, 11) is 4.91. The molecule has 0 atom stereocenters. The van der Waals surface area contributed by atoms with Gasteiger partial charge in [-0.15, -0.1) is 0 Å². The predicted molar refractivity (Wildman–Crippen MR) is 83.6 cm³/mol. The largest absolute Gasteiger partial charge is 0.383 e. The Morgan fingerprint density at radius 3 is 2.81 bits per heavy atom. The van der Waals surface area contributed by atoms with Crippen molar-refractivity contribution in [1.82, 2.24) is 20.0 Å². The van der Waals surface area contributed by atoms with Crippen LogP contribution >= 0.6 is 15.9 Å². The van der Waals surface area contributed by atoms with Crippen molar-refractivity contribution in [2.24, 2.45) is 0 Å². The number of ether oxygens (including phenoxy) is 1. The molecule has 0 aromatic carbocycles. The SMILES string of the molecule is COCCn1ncc(NCCNC(=O)N(C)C)c(Br)c1=O. The molecule has 0 bridgehead atoms. The number of anilines is 1. The van der Waals surface area contributed by atoms with E-state index in [0.717, 1.165) is 0 Å². The third-order valence-electron chi connectivity index (χ3n) is 2.61. The number of carbonyl (C=O) groups is 1. The van der Waals surface area contributed by atoms with E-state index in [1.807, 2.05) is 0 Å². The molecule has 0 fully saturated rings. The van der Waals surface area contributed by atoms with Gasteiger partial charge < -0.3 is 20.3 Å². The molecule has 0 saturated heterocycles. The Hall–Kier alpha value is -1.61. The number of halogens is 1. The van der Waals surface area contributed by atoms with Crippen LogP contribution in [0.3, 0.4) is 0 Å². The van der Waals surface area contributed by atoms with Gasteiger partial charge >= 0.3 is 6.03 Å². The predicted octanol–water partition coefficient (Wildman–Crippen LogP) is 0.335. The molecule has 9 heteroatoms. The number of nitrogens with zero attached hydrogens (tertiary/aromatic N) is 3. The standard InChI is InChI=1S/C12H20BrN5O3/c1-17(2)12(20)15-5-4-14-9-8-16-18(6-7-21-3)11(19)10(9)13/h8,14H,4-7H2,1-3H3,(H,15,20). The molecule has 0 aliphatic heterocycles. The Kier molecular flexibility index (Phi) is 7.17. The lowest BCUT2D eigenvalue weighted by atomic mass is 10.4. The van der Waals surface area contributed by atoms with Gasteiger partial charge in [-0.2, -0.15) is 5.10 Å². The average molecular weight is 362 g/mol. The Labute approximate surface area is 131 Å². The summed E-state index contributed by atoms with van der Waals surface area (Å²) in [5.41, 5.74) is 0.363. The van der Waals surface area contributed by atoms with Gasteiger partial charge in [0.15, 0.2) is 0 Å². The highest BCUT2D eigenvalue weighted by atomic mass is 79.9. The zero-order valence-electron chi connectivity index (χ0n) is 12.4. The fraction of sp³-hybridized carbons (Fsp3) is 0.583. The summed E-state index contributed by atoms with van der Waals surface area (Å²) in [4.78, 5) is 24.8. The molecular formula is C12H20BrN5O3. The van der Waals surface area contributed by atoms with Crippen LogP contribution in [0.2, 0.25) is 0 Å². The van der Waals surface area contributed by atoms with Gasteiger partial charge in [-0.1, -0.05) is 0 Å². The number of amides is 2. The van der Waals surface area contributed by atoms with Crippen molar-refractivity contribution in [3.05, 3.63) is 21.0 Å². The highest BCUT2D eigenvalue weighted by molar-refractivity contribution is 9.10. The van der Waals surface area contributed by atoms with Crippen LogP contribution in [0.15, 0.2) is 15.5 Å². The van der Waals surface area contributed by atoms with Crippen molar-refractivity contribution in [1.29, 1.82) is 0 Å². The van der Waals surface area contributed by atoms with E-state index < -0.39 is 0 Å². The number of aromatic nitrogens is 2. The number of urea groups is 1. The Bertz CT molecular complexity index is 532. The molecule has 118 valence electrons. The van der Waals surface area contributed by atoms with Crippen molar-refractivity contribution in [2.45, 2.75) is 6.54 Å². The maximum atomic E-state index is 12.0. The molecule has 2 amide bonds. The molecule has 2 N–H and O–H groups in total. The first-order chi connectivity index (χ1) is 9.97. The summed E-state index contributed by atoms with van der Waals surface area (Å²) in [6.07, 6.45) is 1.56. The van der Waals surface area contributed by atoms with E-state index in [9.17, 15) is 9.59 Å². The number of hydrogen-bond acceptors (Lipinski definition) is 5. The number of hydrogen-bond donors (Lipinski definition) is 2. The monoisotopic (exact) mass is 361 g/mol. The molecule has 1 rings (SSSR count). The fourth-order valence-corrected chi connectivity index (χ4v) is 1.90. The number of rotatable bonds is 7. The molecular weight excluding hydrogens is 342 g/mol. The first kappa shape index (κ1) is 17.4. The second-order valence-corrected chi connectivity index (χ2v) is 5.24. The minimum atomic E-state index is -0.227. The van der Waals surface area contributed by atoms with E-state index in [0.29, 0.717) is 36.4 Å². The topological polar surface area (TPSA) is 88.5 Å². The molecule has 21 heavy (non-hydrogen) atoms. The lowest BCUT2D eigenvalue weighted by molar-refractivity contribution is 0.181. The van der Waals surface area contributed by atoms with Gasteiger partial charge in [0.1, 0.15) is 4.47 Å². The molecule has 0 aliphatic rings. The zero-order chi connectivity index (χ0) is 15.8. The first-order valence-electron chi connectivity index (χ1n) is 6.41. The maximum absolute atomic E-state index is 12.0.